The maximum absolute atomic E-state index is 5.09. The van der Waals surface area contributed by atoms with Crippen molar-refractivity contribution in [3.63, 3.8) is 0 Å². The molecule has 2 rings (SSSR count). The number of ether oxygens (including phenoxy) is 1. The van der Waals surface area contributed by atoms with Gasteiger partial charge in [-0.1, -0.05) is 37.3 Å². The molecule has 0 saturated carbocycles. The predicted octanol–water partition coefficient (Wildman–Crippen LogP) is 4.12. The molecule has 1 fully saturated rings. The van der Waals surface area contributed by atoms with Crippen LogP contribution in [-0.2, 0) is 4.74 Å². The van der Waals surface area contributed by atoms with E-state index in [1.807, 2.05) is 7.05 Å². The van der Waals surface area contributed by atoms with Crippen molar-refractivity contribution in [1.29, 1.82) is 0 Å². The SMILES string of the molecule is CN=C(NCCCCCOC)N1CCC(c2ccccc2)C(C)C1.I. The van der Waals surface area contributed by atoms with Gasteiger partial charge in [-0.2, -0.15) is 0 Å². The summed E-state index contributed by atoms with van der Waals surface area (Å²) in [6, 6.07) is 10.9. The summed E-state index contributed by atoms with van der Waals surface area (Å²) in [4.78, 5) is 6.90. The largest absolute Gasteiger partial charge is 0.385 e. The lowest BCUT2D eigenvalue weighted by molar-refractivity contribution is 0.192. The van der Waals surface area contributed by atoms with E-state index in [1.165, 1.54) is 24.8 Å². The fourth-order valence-corrected chi connectivity index (χ4v) is 3.61. The van der Waals surface area contributed by atoms with Gasteiger partial charge in [-0.3, -0.25) is 4.99 Å². The first kappa shape index (κ1) is 22.2. The molecule has 142 valence electrons. The third-order valence-corrected chi connectivity index (χ3v) is 4.95. The minimum Gasteiger partial charge on any atom is -0.385 e. The van der Waals surface area contributed by atoms with E-state index in [9.17, 15) is 0 Å². The van der Waals surface area contributed by atoms with Gasteiger partial charge in [-0.25, -0.2) is 0 Å². The molecule has 2 unspecified atom stereocenters. The molecule has 1 aromatic carbocycles. The first-order valence-electron chi connectivity index (χ1n) is 9.25. The third-order valence-electron chi connectivity index (χ3n) is 4.95. The summed E-state index contributed by atoms with van der Waals surface area (Å²) in [6.07, 6.45) is 4.69. The van der Waals surface area contributed by atoms with E-state index in [-0.39, 0.29) is 24.0 Å². The normalized spacial score (nSPS) is 20.9. The van der Waals surface area contributed by atoms with Gasteiger partial charge < -0.3 is 15.0 Å². The van der Waals surface area contributed by atoms with Crippen LogP contribution in [0.3, 0.4) is 0 Å². The number of nitrogens with zero attached hydrogens (tertiary/aromatic N) is 2. The van der Waals surface area contributed by atoms with Crippen LogP contribution in [0.4, 0.5) is 0 Å². The standard InChI is InChI=1S/C20H33N3O.HI/c1-17-16-23(14-12-19(17)18-10-6-4-7-11-18)20(21-2)22-13-8-5-9-15-24-3;/h4,6-7,10-11,17,19H,5,8-9,12-16H2,1-3H3,(H,21,22);1H. The molecule has 0 amide bonds. The average molecular weight is 459 g/mol. The Labute approximate surface area is 170 Å². The molecule has 1 saturated heterocycles. The van der Waals surface area contributed by atoms with Gasteiger partial charge in [0.05, 0.1) is 0 Å². The lowest BCUT2D eigenvalue weighted by atomic mass is 9.82. The van der Waals surface area contributed by atoms with Crippen LogP contribution in [-0.4, -0.2) is 51.3 Å². The Bertz CT molecular complexity index is 495. The Hall–Kier alpha value is -0.820. The van der Waals surface area contributed by atoms with E-state index < -0.39 is 0 Å². The Morgan fingerprint density at radius 3 is 2.64 bits per heavy atom. The van der Waals surface area contributed by atoms with Gasteiger partial charge in [-0.05, 0) is 43.1 Å². The summed E-state index contributed by atoms with van der Waals surface area (Å²) in [5.74, 6) is 2.36. The number of piperidine rings is 1. The van der Waals surface area contributed by atoms with Crippen molar-refractivity contribution in [3.05, 3.63) is 35.9 Å². The van der Waals surface area contributed by atoms with Crippen LogP contribution in [0.25, 0.3) is 0 Å². The van der Waals surface area contributed by atoms with Crippen LogP contribution >= 0.6 is 24.0 Å². The van der Waals surface area contributed by atoms with E-state index in [0.29, 0.717) is 11.8 Å². The number of benzene rings is 1. The number of hydrogen-bond donors (Lipinski definition) is 1. The molecule has 0 radical (unpaired) electrons. The van der Waals surface area contributed by atoms with Crippen LogP contribution in [0, 0.1) is 5.92 Å². The number of unbranched alkanes of at least 4 members (excludes halogenated alkanes) is 2. The highest BCUT2D eigenvalue weighted by molar-refractivity contribution is 14.0. The number of likely N-dealkylation sites (tertiary alicyclic amines) is 1. The highest BCUT2D eigenvalue weighted by Crippen LogP contribution is 2.32. The highest BCUT2D eigenvalue weighted by Gasteiger charge is 2.28. The number of aliphatic imine (C=N–C) groups is 1. The minimum atomic E-state index is 0. The fourth-order valence-electron chi connectivity index (χ4n) is 3.61. The zero-order chi connectivity index (χ0) is 17.2. The van der Waals surface area contributed by atoms with Gasteiger partial charge in [0.15, 0.2) is 5.96 Å². The second-order valence-electron chi connectivity index (χ2n) is 6.76. The van der Waals surface area contributed by atoms with Crippen molar-refractivity contribution in [2.75, 3.05) is 40.4 Å². The molecule has 5 heteroatoms. The van der Waals surface area contributed by atoms with Gasteiger partial charge in [0.25, 0.3) is 0 Å². The molecule has 0 aliphatic carbocycles. The van der Waals surface area contributed by atoms with Crippen molar-refractivity contribution >= 4 is 29.9 Å². The number of rotatable bonds is 7. The summed E-state index contributed by atoms with van der Waals surface area (Å²) in [6.45, 7) is 6.36. The van der Waals surface area contributed by atoms with Crippen LogP contribution in [0.5, 0.6) is 0 Å². The minimum absolute atomic E-state index is 0. The first-order chi connectivity index (χ1) is 11.8. The second kappa shape index (κ2) is 12.5. The molecular weight excluding hydrogens is 425 g/mol. The molecule has 25 heavy (non-hydrogen) atoms. The summed E-state index contributed by atoms with van der Waals surface area (Å²) in [5.41, 5.74) is 1.48. The summed E-state index contributed by atoms with van der Waals surface area (Å²) in [7, 11) is 3.65. The molecule has 0 aromatic heterocycles. The third kappa shape index (κ3) is 7.13. The van der Waals surface area contributed by atoms with Gasteiger partial charge in [-0.15, -0.1) is 24.0 Å². The van der Waals surface area contributed by atoms with Crippen molar-refractivity contribution in [2.24, 2.45) is 10.9 Å². The molecule has 4 nitrogen and oxygen atoms in total. The van der Waals surface area contributed by atoms with E-state index in [0.717, 1.165) is 38.6 Å². The smallest absolute Gasteiger partial charge is 0.193 e. The van der Waals surface area contributed by atoms with Gasteiger partial charge >= 0.3 is 0 Å². The zero-order valence-electron chi connectivity index (χ0n) is 15.9. The monoisotopic (exact) mass is 459 g/mol. The maximum atomic E-state index is 5.09. The topological polar surface area (TPSA) is 36.9 Å². The van der Waals surface area contributed by atoms with Crippen molar-refractivity contribution in [3.8, 4) is 0 Å². The zero-order valence-corrected chi connectivity index (χ0v) is 18.2. The maximum Gasteiger partial charge on any atom is 0.193 e. The highest BCUT2D eigenvalue weighted by atomic mass is 127. The molecule has 1 aromatic rings. The van der Waals surface area contributed by atoms with Crippen LogP contribution in [0.2, 0.25) is 0 Å². The molecule has 1 N–H and O–H groups in total. The van der Waals surface area contributed by atoms with Crippen molar-refractivity contribution in [1.82, 2.24) is 10.2 Å². The average Bonchev–Trinajstić information content (AvgIpc) is 2.62. The molecule has 1 aliphatic rings. The summed E-state index contributed by atoms with van der Waals surface area (Å²) in [5, 5.41) is 3.53. The van der Waals surface area contributed by atoms with E-state index in [1.54, 1.807) is 7.11 Å². The first-order valence-corrected chi connectivity index (χ1v) is 9.25. The van der Waals surface area contributed by atoms with Gasteiger partial charge in [0.2, 0.25) is 0 Å². The molecular formula is C20H34IN3O. The molecule has 1 aliphatic heterocycles. The summed E-state index contributed by atoms with van der Waals surface area (Å²) >= 11 is 0. The predicted molar refractivity (Wildman–Crippen MR) is 117 cm³/mol. The fraction of sp³-hybridized carbons (Fsp3) is 0.650. The number of halogens is 1. The Balaban J connectivity index is 0.00000312. The Morgan fingerprint density at radius 1 is 1.24 bits per heavy atom. The molecule has 1 heterocycles. The number of guanidine groups is 1. The van der Waals surface area contributed by atoms with Crippen LogP contribution < -0.4 is 5.32 Å². The van der Waals surface area contributed by atoms with E-state index in [4.69, 9.17) is 4.74 Å². The molecule has 0 spiro atoms. The lowest BCUT2D eigenvalue weighted by Gasteiger charge is -2.39. The second-order valence-corrected chi connectivity index (χ2v) is 6.76. The van der Waals surface area contributed by atoms with Gasteiger partial charge in [0.1, 0.15) is 0 Å². The number of hydrogen-bond acceptors (Lipinski definition) is 2. The van der Waals surface area contributed by atoms with Crippen LogP contribution in [0.15, 0.2) is 35.3 Å². The number of nitrogens with one attached hydrogen (secondary N) is 1. The quantitative estimate of drug-likeness (QED) is 0.289. The van der Waals surface area contributed by atoms with Crippen molar-refractivity contribution < 1.29 is 4.74 Å². The molecule has 2 atom stereocenters. The van der Waals surface area contributed by atoms with Gasteiger partial charge in [0, 0.05) is 40.4 Å². The Morgan fingerprint density at radius 2 is 2.00 bits per heavy atom. The summed E-state index contributed by atoms with van der Waals surface area (Å²) < 4.78 is 5.09. The van der Waals surface area contributed by atoms with E-state index in [2.05, 4.69) is 52.5 Å². The molecule has 0 bridgehead atoms. The van der Waals surface area contributed by atoms with Crippen LogP contribution in [0.1, 0.15) is 44.1 Å². The van der Waals surface area contributed by atoms with E-state index >= 15 is 0 Å². The lowest BCUT2D eigenvalue weighted by Crippen LogP contribution is -2.48. The Kier molecular flexibility index (Phi) is 11.1. The van der Waals surface area contributed by atoms with Crippen molar-refractivity contribution in [2.45, 2.75) is 38.5 Å². The number of methoxy groups -OCH3 is 1.